The molecule has 0 saturated carbocycles. The van der Waals surface area contributed by atoms with Gasteiger partial charge >= 0.3 is 12.1 Å². The lowest BCUT2D eigenvalue weighted by molar-refractivity contribution is -0.143. The summed E-state index contributed by atoms with van der Waals surface area (Å²) < 4.78 is 53.6. The molecule has 10 heteroatoms. The van der Waals surface area contributed by atoms with Crippen molar-refractivity contribution >= 4 is 11.5 Å². The minimum atomic E-state index is -4.83. The Bertz CT molecular complexity index is 1360. The summed E-state index contributed by atoms with van der Waals surface area (Å²) in [6, 6.07) is 11.0. The van der Waals surface area contributed by atoms with Gasteiger partial charge in [0.25, 0.3) is 0 Å². The number of alkyl halides is 3. The number of benzene rings is 1. The number of allylic oxidation sites excluding steroid dienone is 1. The van der Waals surface area contributed by atoms with Crippen molar-refractivity contribution in [1.29, 1.82) is 0 Å². The van der Waals surface area contributed by atoms with E-state index >= 15 is 0 Å². The molecule has 0 spiro atoms. The van der Waals surface area contributed by atoms with Crippen molar-refractivity contribution in [3.05, 3.63) is 76.2 Å². The number of hydrogen-bond donors (Lipinski definition) is 1. The van der Waals surface area contributed by atoms with E-state index in [0.717, 1.165) is 68.3 Å². The molecule has 38 heavy (non-hydrogen) atoms. The maximum atomic E-state index is 14.0. The van der Waals surface area contributed by atoms with Crippen LogP contribution in [0.4, 0.5) is 13.2 Å². The summed E-state index contributed by atoms with van der Waals surface area (Å²) in [4.78, 5) is 16.7. The Morgan fingerprint density at radius 3 is 2.76 bits per heavy atom. The van der Waals surface area contributed by atoms with Crippen LogP contribution < -0.4 is 10.1 Å². The highest BCUT2D eigenvalue weighted by atomic mass is 19.4. The van der Waals surface area contributed by atoms with Gasteiger partial charge in [-0.2, -0.15) is 18.3 Å². The van der Waals surface area contributed by atoms with E-state index in [-0.39, 0.29) is 12.4 Å². The third kappa shape index (κ3) is 5.45. The van der Waals surface area contributed by atoms with Crippen LogP contribution in [-0.2, 0) is 23.9 Å². The van der Waals surface area contributed by atoms with Crippen LogP contribution in [0.1, 0.15) is 65.5 Å². The van der Waals surface area contributed by atoms with Crippen LogP contribution >= 0.6 is 0 Å². The van der Waals surface area contributed by atoms with Crippen LogP contribution in [0.5, 0.6) is 5.75 Å². The second kappa shape index (κ2) is 11.0. The van der Waals surface area contributed by atoms with Crippen molar-refractivity contribution in [2.75, 3.05) is 19.8 Å². The summed E-state index contributed by atoms with van der Waals surface area (Å²) in [6.45, 7) is 3.68. The van der Waals surface area contributed by atoms with E-state index in [4.69, 9.17) is 9.47 Å². The summed E-state index contributed by atoms with van der Waals surface area (Å²) >= 11 is 0. The fourth-order valence-corrected chi connectivity index (χ4v) is 5.01. The summed E-state index contributed by atoms with van der Waals surface area (Å²) in [5, 5.41) is 7.22. The summed E-state index contributed by atoms with van der Waals surface area (Å²) in [6.07, 6.45) is 0.565. The molecule has 5 rings (SSSR count). The Kier molecular flexibility index (Phi) is 7.51. The fraction of sp³-hybridized carbons (Fsp3) is 0.393. The van der Waals surface area contributed by atoms with Crippen molar-refractivity contribution < 1.29 is 27.4 Å². The largest absolute Gasteiger partial charge is 0.489 e. The van der Waals surface area contributed by atoms with Crippen molar-refractivity contribution in [1.82, 2.24) is 20.1 Å². The molecule has 1 aliphatic carbocycles. The highest BCUT2D eigenvalue weighted by molar-refractivity contribution is 5.90. The van der Waals surface area contributed by atoms with Crippen LogP contribution in [-0.4, -0.2) is 40.5 Å². The molecule has 0 fully saturated rings. The van der Waals surface area contributed by atoms with Gasteiger partial charge in [-0.3, -0.25) is 0 Å². The lowest BCUT2D eigenvalue weighted by atomic mass is 9.90. The van der Waals surface area contributed by atoms with Gasteiger partial charge in [-0.05, 0) is 92.1 Å². The smallest absolute Gasteiger partial charge is 0.434 e. The van der Waals surface area contributed by atoms with Crippen LogP contribution in [0.25, 0.3) is 11.4 Å². The number of pyridine rings is 1. The maximum Gasteiger partial charge on any atom is 0.434 e. The minimum Gasteiger partial charge on any atom is -0.489 e. The molecular formula is C28H29F3N4O3. The zero-order valence-corrected chi connectivity index (χ0v) is 21.1. The molecule has 1 N–H and O–H groups in total. The first-order valence-corrected chi connectivity index (χ1v) is 12.8. The first-order valence-electron chi connectivity index (χ1n) is 12.8. The second-order valence-corrected chi connectivity index (χ2v) is 9.35. The number of carbonyl (C=O) groups excluding carboxylic acids is 1. The van der Waals surface area contributed by atoms with E-state index in [1.807, 2.05) is 6.07 Å². The Labute approximate surface area is 218 Å². The number of rotatable bonds is 7. The zero-order valence-electron chi connectivity index (χ0n) is 21.1. The number of esters is 1. The van der Waals surface area contributed by atoms with Crippen LogP contribution in [0.3, 0.4) is 0 Å². The molecule has 0 atom stereocenters. The molecule has 3 heterocycles. The van der Waals surface area contributed by atoms with E-state index in [0.29, 0.717) is 17.0 Å². The average molecular weight is 527 g/mol. The van der Waals surface area contributed by atoms with Crippen molar-refractivity contribution in [2.24, 2.45) is 0 Å². The molecule has 0 unspecified atom stereocenters. The normalized spacial score (nSPS) is 15.8. The molecule has 0 saturated heterocycles. The molecule has 200 valence electrons. The van der Waals surface area contributed by atoms with Gasteiger partial charge in [0, 0.05) is 6.54 Å². The van der Waals surface area contributed by atoms with Gasteiger partial charge in [-0.25, -0.2) is 14.5 Å². The Balaban J connectivity index is 1.44. The first-order chi connectivity index (χ1) is 18.3. The van der Waals surface area contributed by atoms with Crippen molar-refractivity contribution in [3.63, 3.8) is 0 Å². The number of hydrogen-bond acceptors (Lipinski definition) is 6. The second-order valence-electron chi connectivity index (χ2n) is 9.35. The number of carbonyl (C=O) groups is 1. The molecule has 0 radical (unpaired) electrons. The standard InChI is InChI=1S/C28H29F3N4O3/c1-2-37-27(36)23-16-33-35(26(23)28(29,30)31)25-9-5-8-24(34-25)22-7-4-3-6-20(22)17-38-21-11-10-19-15-32-13-12-18(19)14-21/h5,8-11,14,16,32H,2-4,6-7,12-13,15,17H2,1H3. The topological polar surface area (TPSA) is 78.3 Å². The van der Waals surface area contributed by atoms with Crippen LogP contribution in [0.2, 0.25) is 0 Å². The average Bonchev–Trinajstić information content (AvgIpc) is 3.39. The SMILES string of the molecule is CCOC(=O)c1cnn(-c2cccc(C3=C(COc4ccc5c(c4)CCNC5)CCCC3)n2)c1C(F)(F)F. The molecule has 1 aromatic carbocycles. The highest BCUT2D eigenvalue weighted by Crippen LogP contribution is 2.35. The van der Waals surface area contributed by atoms with Gasteiger partial charge in [-0.1, -0.05) is 12.1 Å². The summed E-state index contributed by atoms with van der Waals surface area (Å²) in [5.74, 6) is -0.287. The fourth-order valence-electron chi connectivity index (χ4n) is 5.01. The monoisotopic (exact) mass is 526 g/mol. The predicted molar refractivity (Wildman–Crippen MR) is 135 cm³/mol. The van der Waals surface area contributed by atoms with Gasteiger partial charge in [0.1, 0.15) is 17.9 Å². The Hall–Kier alpha value is -3.66. The summed E-state index contributed by atoms with van der Waals surface area (Å²) in [7, 11) is 0. The molecule has 2 aromatic heterocycles. The number of fused-ring (bicyclic) bond motifs is 1. The van der Waals surface area contributed by atoms with Gasteiger partial charge in [0.15, 0.2) is 11.5 Å². The predicted octanol–water partition coefficient (Wildman–Crippen LogP) is 5.52. The number of nitrogens with zero attached hydrogens (tertiary/aromatic N) is 3. The molecule has 7 nitrogen and oxygen atoms in total. The quantitative estimate of drug-likeness (QED) is 0.409. The van der Waals surface area contributed by atoms with E-state index in [9.17, 15) is 18.0 Å². The van der Waals surface area contributed by atoms with E-state index in [1.54, 1.807) is 12.1 Å². The van der Waals surface area contributed by atoms with Gasteiger partial charge in [0.05, 0.1) is 18.5 Å². The van der Waals surface area contributed by atoms with E-state index < -0.39 is 23.4 Å². The molecule has 0 bridgehead atoms. The van der Waals surface area contributed by atoms with Crippen molar-refractivity contribution in [3.8, 4) is 11.6 Å². The van der Waals surface area contributed by atoms with Gasteiger partial charge in [0.2, 0.25) is 0 Å². The first kappa shape index (κ1) is 26.0. The Morgan fingerprint density at radius 1 is 1.11 bits per heavy atom. The lowest BCUT2D eigenvalue weighted by Crippen LogP contribution is -2.23. The maximum absolute atomic E-state index is 14.0. The molecule has 1 aliphatic heterocycles. The number of aromatic nitrogens is 3. The zero-order chi connectivity index (χ0) is 26.7. The van der Waals surface area contributed by atoms with E-state index in [2.05, 4.69) is 27.5 Å². The van der Waals surface area contributed by atoms with Gasteiger partial charge in [-0.15, -0.1) is 0 Å². The number of ether oxygens (including phenoxy) is 2. The lowest BCUT2D eigenvalue weighted by Gasteiger charge is -2.22. The van der Waals surface area contributed by atoms with Crippen LogP contribution in [0.15, 0.2) is 48.2 Å². The van der Waals surface area contributed by atoms with Gasteiger partial charge < -0.3 is 14.8 Å². The summed E-state index contributed by atoms with van der Waals surface area (Å²) in [5.41, 5.74) is 3.37. The minimum absolute atomic E-state index is 0.0213. The van der Waals surface area contributed by atoms with Crippen LogP contribution in [0, 0.1) is 0 Å². The number of halogens is 3. The molecule has 0 amide bonds. The third-order valence-electron chi connectivity index (χ3n) is 6.85. The molecule has 2 aliphatic rings. The van der Waals surface area contributed by atoms with Crippen molar-refractivity contribution in [2.45, 2.75) is 51.7 Å². The van der Waals surface area contributed by atoms with E-state index in [1.165, 1.54) is 24.1 Å². The number of nitrogens with one attached hydrogen (secondary N) is 1. The third-order valence-corrected chi connectivity index (χ3v) is 6.85. The molecule has 3 aromatic rings. The Morgan fingerprint density at radius 2 is 1.95 bits per heavy atom. The molecular weight excluding hydrogens is 497 g/mol. The highest BCUT2D eigenvalue weighted by Gasteiger charge is 2.41.